The summed E-state index contributed by atoms with van der Waals surface area (Å²) in [6.07, 6.45) is 0. The molecule has 1 saturated heterocycles. The highest BCUT2D eigenvalue weighted by atomic mass is 32.2. The molecule has 11 heteroatoms. The largest absolute Gasteiger partial charge is 0.334 e. The van der Waals surface area contributed by atoms with E-state index in [2.05, 4.69) is 10.0 Å². The van der Waals surface area contributed by atoms with Gasteiger partial charge in [-0.15, -0.1) is 0 Å². The van der Waals surface area contributed by atoms with Crippen LogP contribution in [0.2, 0.25) is 0 Å². The van der Waals surface area contributed by atoms with Crippen LogP contribution in [0.15, 0.2) is 47.4 Å². The Morgan fingerprint density at radius 3 is 2.24 bits per heavy atom. The molecule has 1 aliphatic heterocycles. The highest BCUT2D eigenvalue weighted by molar-refractivity contribution is 7.89. The van der Waals surface area contributed by atoms with Crippen molar-refractivity contribution < 1.29 is 21.6 Å². The molecular formula is C22H30N4O5S2. The van der Waals surface area contributed by atoms with Crippen LogP contribution in [-0.2, 0) is 32.3 Å². The predicted molar refractivity (Wildman–Crippen MR) is 127 cm³/mol. The van der Waals surface area contributed by atoms with E-state index in [1.54, 1.807) is 42.2 Å². The number of piperazine rings is 1. The third kappa shape index (κ3) is 6.32. The van der Waals surface area contributed by atoms with Crippen molar-refractivity contribution in [2.75, 3.05) is 33.2 Å². The lowest BCUT2D eigenvalue weighted by Crippen LogP contribution is -2.53. The van der Waals surface area contributed by atoms with Gasteiger partial charge < -0.3 is 10.2 Å². The molecule has 1 fully saturated rings. The maximum atomic E-state index is 13.0. The minimum absolute atomic E-state index is 0.137. The van der Waals surface area contributed by atoms with Gasteiger partial charge in [-0.2, -0.15) is 4.31 Å². The van der Waals surface area contributed by atoms with Crippen molar-refractivity contribution in [3.05, 3.63) is 64.7 Å². The Kier molecular flexibility index (Phi) is 7.78. The maximum Gasteiger partial charge on any atom is 0.317 e. The van der Waals surface area contributed by atoms with Gasteiger partial charge in [0.2, 0.25) is 20.0 Å². The summed E-state index contributed by atoms with van der Waals surface area (Å²) in [5.41, 5.74) is 3.12. The summed E-state index contributed by atoms with van der Waals surface area (Å²) >= 11 is 0. The molecular weight excluding hydrogens is 464 g/mol. The van der Waals surface area contributed by atoms with Crippen LogP contribution in [0.1, 0.15) is 22.3 Å². The fourth-order valence-corrected chi connectivity index (χ4v) is 6.16. The summed E-state index contributed by atoms with van der Waals surface area (Å²) in [6.45, 7) is 4.97. The third-order valence-electron chi connectivity index (χ3n) is 5.58. The van der Waals surface area contributed by atoms with Crippen LogP contribution in [0.25, 0.3) is 0 Å². The zero-order chi connectivity index (χ0) is 24.2. The Morgan fingerprint density at radius 1 is 0.939 bits per heavy atom. The minimum Gasteiger partial charge on any atom is -0.334 e. The van der Waals surface area contributed by atoms with Gasteiger partial charge in [-0.3, -0.25) is 0 Å². The summed E-state index contributed by atoms with van der Waals surface area (Å²) in [5.74, 6) is -0.137. The Bertz CT molecular complexity index is 1220. The minimum atomic E-state index is -3.62. The molecule has 2 aromatic rings. The smallest absolute Gasteiger partial charge is 0.317 e. The van der Waals surface area contributed by atoms with Gasteiger partial charge >= 0.3 is 6.03 Å². The highest BCUT2D eigenvalue weighted by Gasteiger charge is 2.31. The molecule has 0 saturated carbocycles. The predicted octanol–water partition coefficient (Wildman–Crippen LogP) is 1.57. The number of amides is 2. The van der Waals surface area contributed by atoms with Gasteiger partial charge in [-0.1, -0.05) is 42.0 Å². The Hall–Kier alpha value is -2.47. The number of sulfonamides is 2. The number of hydrogen-bond acceptors (Lipinski definition) is 5. The number of carbonyl (C=O) groups is 1. The molecule has 2 N–H and O–H groups in total. The zero-order valence-corrected chi connectivity index (χ0v) is 20.7. The molecule has 0 aliphatic carbocycles. The van der Waals surface area contributed by atoms with E-state index < -0.39 is 20.0 Å². The Labute approximate surface area is 195 Å². The van der Waals surface area contributed by atoms with Crippen molar-refractivity contribution in [2.45, 2.75) is 31.0 Å². The SMILES string of the molecule is CNS(=O)(=O)Cc1cccc(CNC(=O)N2CCN(S(=O)(=O)c3ccc(C)cc3C)CC2)c1. The molecule has 1 heterocycles. The molecule has 9 nitrogen and oxygen atoms in total. The standard InChI is InChI=1S/C22H30N4O5S2/c1-17-7-8-21(18(2)13-17)33(30,31)26-11-9-25(10-12-26)22(27)24-15-19-5-4-6-20(14-19)16-32(28,29)23-3/h4-8,13-14,23H,9-12,15-16H2,1-3H3,(H,24,27). The summed E-state index contributed by atoms with van der Waals surface area (Å²) in [7, 11) is -5.63. The molecule has 2 aromatic carbocycles. The monoisotopic (exact) mass is 494 g/mol. The van der Waals surface area contributed by atoms with Crippen LogP contribution in [-0.4, -0.2) is 65.3 Å². The van der Waals surface area contributed by atoms with Crippen LogP contribution >= 0.6 is 0 Å². The Balaban J connectivity index is 1.56. The first-order valence-electron chi connectivity index (χ1n) is 10.6. The highest BCUT2D eigenvalue weighted by Crippen LogP contribution is 2.22. The second-order valence-corrected chi connectivity index (χ2v) is 11.9. The van der Waals surface area contributed by atoms with Gasteiger partial charge in [0, 0.05) is 32.7 Å². The zero-order valence-electron chi connectivity index (χ0n) is 19.0. The topological polar surface area (TPSA) is 116 Å². The molecule has 0 atom stereocenters. The van der Waals surface area contributed by atoms with Crippen molar-refractivity contribution in [1.82, 2.24) is 19.2 Å². The second-order valence-electron chi connectivity index (χ2n) is 8.10. The van der Waals surface area contributed by atoms with E-state index in [0.717, 1.165) is 11.1 Å². The van der Waals surface area contributed by atoms with E-state index in [1.165, 1.54) is 11.4 Å². The number of nitrogens with zero attached hydrogens (tertiary/aromatic N) is 2. The molecule has 180 valence electrons. The van der Waals surface area contributed by atoms with Crippen molar-refractivity contribution >= 4 is 26.1 Å². The number of urea groups is 1. The van der Waals surface area contributed by atoms with E-state index in [9.17, 15) is 21.6 Å². The van der Waals surface area contributed by atoms with E-state index >= 15 is 0 Å². The number of rotatable bonds is 7. The van der Waals surface area contributed by atoms with Gasteiger partial charge in [0.15, 0.2) is 0 Å². The van der Waals surface area contributed by atoms with E-state index in [-0.39, 0.29) is 44.5 Å². The summed E-state index contributed by atoms with van der Waals surface area (Å²) in [4.78, 5) is 14.5. The van der Waals surface area contributed by atoms with Gasteiger partial charge in [-0.05, 0) is 43.7 Å². The molecule has 33 heavy (non-hydrogen) atoms. The number of carbonyl (C=O) groups excluding carboxylic acids is 1. The van der Waals surface area contributed by atoms with Gasteiger partial charge in [0.05, 0.1) is 10.6 Å². The molecule has 0 radical (unpaired) electrons. The average molecular weight is 495 g/mol. The number of nitrogens with one attached hydrogen (secondary N) is 2. The molecule has 2 amide bonds. The normalized spacial score (nSPS) is 15.4. The van der Waals surface area contributed by atoms with Crippen LogP contribution in [0.3, 0.4) is 0 Å². The second kappa shape index (κ2) is 10.2. The molecule has 0 spiro atoms. The fourth-order valence-electron chi connectivity index (χ4n) is 3.77. The van der Waals surface area contributed by atoms with Crippen LogP contribution in [0.4, 0.5) is 4.79 Å². The molecule has 3 rings (SSSR count). The first-order valence-corrected chi connectivity index (χ1v) is 13.7. The van der Waals surface area contributed by atoms with E-state index in [4.69, 9.17) is 0 Å². The first kappa shape index (κ1) is 25.2. The van der Waals surface area contributed by atoms with Crippen LogP contribution in [0, 0.1) is 13.8 Å². The quantitative estimate of drug-likeness (QED) is 0.606. The van der Waals surface area contributed by atoms with Crippen molar-refractivity contribution in [3.63, 3.8) is 0 Å². The molecule has 0 bridgehead atoms. The number of aryl methyl sites for hydroxylation is 2. The first-order chi connectivity index (χ1) is 15.5. The fraction of sp³-hybridized carbons (Fsp3) is 0.409. The van der Waals surface area contributed by atoms with Crippen LogP contribution in [0.5, 0.6) is 0 Å². The van der Waals surface area contributed by atoms with Crippen molar-refractivity contribution in [1.29, 1.82) is 0 Å². The van der Waals surface area contributed by atoms with Crippen LogP contribution < -0.4 is 10.0 Å². The van der Waals surface area contributed by atoms with Gasteiger partial charge in [-0.25, -0.2) is 26.4 Å². The van der Waals surface area contributed by atoms with Gasteiger partial charge in [0.25, 0.3) is 0 Å². The van der Waals surface area contributed by atoms with Gasteiger partial charge in [0.1, 0.15) is 0 Å². The van der Waals surface area contributed by atoms with E-state index in [1.807, 2.05) is 19.1 Å². The molecule has 0 aromatic heterocycles. The summed E-state index contributed by atoms with van der Waals surface area (Å²) in [6, 6.07) is 12.0. The lowest BCUT2D eigenvalue weighted by atomic mass is 10.1. The van der Waals surface area contributed by atoms with Crippen molar-refractivity contribution in [2.24, 2.45) is 0 Å². The molecule has 0 unspecified atom stereocenters. The van der Waals surface area contributed by atoms with E-state index in [0.29, 0.717) is 16.0 Å². The summed E-state index contributed by atoms with van der Waals surface area (Å²) < 4.78 is 53.2. The number of benzene rings is 2. The number of hydrogen-bond donors (Lipinski definition) is 2. The van der Waals surface area contributed by atoms with Crippen molar-refractivity contribution in [3.8, 4) is 0 Å². The molecule has 1 aliphatic rings. The lowest BCUT2D eigenvalue weighted by molar-refractivity contribution is 0.172. The maximum absolute atomic E-state index is 13.0. The summed E-state index contributed by atoms with van der Waals surface area (Å²) in [5, 5.41) is 2.83. The Morgan fingerprint density at radius 2 is 1.61 bits per heavy atom. The lowest BCUT2D eigenvalue weighted by Gasteiger charge is -2.34. The average Bonchev–Trinajstić information content (AvgIpc) is 2.77. The third-order valence-corrected chi connectivity index (χ3v) is 8.97.